The van der Waals surface area contributed by atoms with Gasteiger partial charge in [-0.25, -0.2) is 0 Å². The summed E-state index contributed by atoms with van der Waals surface area (Å²) >= 11 is 0. The Morgan fingerprint density at radius 1 is 1.12 bits per heavy atom. The number of rotatable bonds is 7. The van der Waals surface area contributed by atoms with Gasteiger partial charge < -0.3 is 21.1 Å². The number of methoxy groups -OCH3 is 1. The van der Waals surface area contributed by atoms with Crippen molar-refractivity contribution < 1.29 is 9.53 Å². The maximum atomic E-state index is 11.2. The van der Waals surface area contributed by atoms with Crippen molar-refractivity contribution >= 4 is 11.9 Å². The van der Waals surface area contributed by atoms with E-state index < -0.39 is 5.91 Å². The Morgan fingerprint density at radius 2 is 1.88 bits per heavy atom. The molecule has 0 bridgehead atoms. The second-order valence-corrected chi connectivity index (χ2v) is 5.52. The quantitative estimate of drug-likeness (QED) is 0.529. The molecular weight excluding hydrogens is 316 g/mol. The number of primary amides is 1. The molecule has 6 nitrogen and oxygen atoms in total. The summed E-state index contributed by atoms with van der Waals surface area (Å²) in [5.41, 5.74) is 7.99. The van der Waals surface area contributed by atoms with Crippen LogP contribution in [0.5, 0.6) is 5.75 Å². The van der Waals surface area contributed by atoms with Gasteiger partial charge in [0, 0.05) is 25.7 Å². The van der Waals surface area contributed by atoms with E-state index in [-0.39, 0.29) is 0 Å². The summed E-state index contributed by atoms with van der Waals surface area (Å²) in [4.78, 5) is 15.4. The molecule has 0 saturated carbocycles. The summed E-state index contributed by atoms with van der Waals surface area (Å²) in [7, 11) is 3.38. The maximum absolute atomic E-state index is 11.2. The van der Waals surface area contributed by atoms with Crippen molar-refractivity contribution in [1.29, 1.82) is 0 Å². The fraction of sp³-hybridized carbons (Fsp3) is 0.263. The molecule has 0 aliphatic carbocycles. The van der Waals surface area contributed by atoms with E-state index in [0.717, 1.165) is 24.3 Å². The molecule has 0 heterocycles. The Balaban J connectivity index is 1.80. The molecule has 6 heteroatoms. The second kappa shape index (κ2) is 9.32. The van der Waals surface area contributed by atoms with Gasteiger partial charge in [0.2, 0.25) is 5.91 Å². The van der Waals surface area contributed by atoms with Crippen LogP contribution in [0.15, 0.2) is 53.5 Å². The molecule has 0 unspecified atom stereocenters. The van der Waals surface area contributed by atoms with Crippen LogP contribution in [0.25, 0.3) is 0 Å². The second-order valence-electron chi connectivity index (χ2n) is 5.52. The number of ether oxygens (including phenoxy) is 1. The summed E-state index contributed by atoms with van der Waals surface area (Å²) in [5.74, 6) is 1.13. The lowest BCUT2D eigenvalue weighted by Gasteiger charge is -2.12. The summed E-state index contributed by atoms with van der Waals surface area (Å²) < 4.78 is 5.15. The van der Waals surface area contributed by atoms with E-state index in [2.05, 4.69) is 15.6 Å². The van der Waals surface area contributed by atoms with Gasteiger partial charge in [-0.15, -0.1) is 0 Å². The number of nitrogens with zero attached hydrogens (tertiary/aromatic N) is 1. The predicted molar refractivity (Wildman–Crippen MR) is 99.9 cm³/mol. The van der Waals surface area contributed by atoms with E-state index in [1.807, 2.05) is 36.4 Å². The lowest BCUT2D eigenvalue weighted by atomic mass is 10.1. The highest BCUT2D eigenvalue weighted by Gasteiger charge is 2.03. The predicted octanol–water partition coefficient (Wildman–Crippen LogP) is 1.70. The third kappa shape index (κ3) is 5.84. The van der Waals surface area contributed by atoms with Crippen LogP contribution in [0, 0.1) is 0 Å². The van der Waals surface area contributed by atoms with E-state index in [4.69, 9.17) is 10.5 Å². The van der Waals surface area contributed by atoms with Crippen molar-refractivity contribution in [3.05, 3.63) is 65.2 Å². The van der Waals surface area contributed by atoms with E-state index in [0.29, 0.717) is 18.1 Å². The van der Waals surface area contributed by atoms with Gasteiger partial charge in [-0.2, -0.15) is 0 Å². The first kappa shape index (κ1) is 18.3. The van der Waals surface area contributed by atoms with Gasteiger partial charge in [0.1, 0.15) is 5.75 Å². The molecule has 0 aromatic heterocycles. The standard InChI is InChI=1S/C19H24N4O2/c1-21-19(22-11-10-14-6-8-17(25-2)9-7-14)23-13-15-4-3-5-16(12-15)18(20)24/h3-9,12H,10-11,13H2,1-2H3,(H2,20,24)(H2,21,22,23). The van der Waals surface area contributed by atoms with Crippen LogP contribution >= 0.6 is 0 Å². The van der Waals surface area contributed by atoms with Crippen molar-refractivity contribution in [2.45, 2.75) is 13.0 Å². The number of nitrogens with one attached hydrogen (secondary N) is 2. The number of hydrogen-bond acceptors (Lipinski definition) is 3. The van der Waals surface area contributed by atoms with Gasteiger partial charge in [0.05, 0.1) is 7.11 Å². The first-order valence-corrected chi connectivity index (χ1v) is 8.08. The minimum absolute atomic E-state index is 0.427. The van der Waals surface area contributed by atoms with Gasteiger partial charge in [-0.05, 0) is 41.8 Å². The molecule has 0 spiro atoms. The van der Waals surface area contributed by atoms with Crippen LogP contribution in [0.1, 0.15) is 21.5 Å². The average Bonchev–Trinajstić information content (AvgIpc) is 2.65. The molecule has 1 amide bonds. The Hall–Kier alpha value is -3.02. The topological polar surface area (TPSA) is 88.7 Å². The molecule has 0 atom stereocenters. The number of benzene rings is 2. The molecule has 0 radical (unpaired) electrons. The maximum Gasteiger partial charge on any atom is 0.248 e. The first-order valence-electron chi connectivity index (χ1n) is 8.08. The van der Waals surface area contributed by atoms with Crippen molar-refractivity contribution in [1.82, 2.24) is 10.6 Å². The van der Waals surface area contributed by atoms with Gasteiger partial charge in [0.15, 0.2) is 5.96 Å². The fourth-order valence-electron chi connectivity index (χ4n) is 2.36. The molecule has 0 fully saturated rings. The number of amides is 1. The summed E-state index contributed by atoms with van der Waals surface area (Å²) in [6, 6.07) is 15.2. The minimum atomic E-state index is -0.427. The monoisotopic (exact) mass is 340 g/mol. The van der Waals surface area contributed by atoms with Crippen molar-refractivity contribution in [3.8, 4) is 5.75 Å². The highest BCUT2D eigenvalue weighted by molar-refractivity contribution is 5.92. The number of carbonyl (C=O) groups excluding carboxylic acids is 1. The number of guanidine groups is 1. The largest absolute Gasteiger partial charge is 0.497 e. The van der Waals surface area contributed by atoms with Gasteiger partial charge in [0.25, 0.3) is 0 Å². The number of aliphatic imine (C=N–C) groups is 1. The normalized spacial score (nSPS) is 11.0. The zero-order valence-corrected chi connectivity index (χ0v) is 14.6. The van der Waals surface area contributed by atoms with Crippen LogP contribution in [0.3, 0.4) is 0 Å². The third-order valence-electron chi connectivity index (χ3n) is 3.76. The van der Waals surface area contributed by atoms with Gasteiger partial charge in [-0.1, -0.05) is 24.3 Å². The van der Waals surface area contributed by atoms with Crippen LogP contribution in [-0.2, 0) is 13.0 Å². The van der Waals surface area contributed by atoms with Crippen LogP contribution in [0.4, 0.5) is 0 Å². The zero-order valence-electron chi connectivity index (χ0n) is 14.6. The van der Waals surface area contributed by atoms with Crippen molar-refractivity contribution in [2.75, 3.05) is 20.7 Å². The average molecular weight is 340 g/mol. The highest BCUT2D eigenvalue weighted by Crippen LogP contribution is 2.11. The Bertz CT molecular complexity index is 726. The molecule has 2 aromatic carbocycles. The molecule has 0 saturated heterocycles. The zero-order chi connectivity index (χ0) is 18.1. The molecule has 2 aromatic rings. The first-order chi connectivity index (χ1) is 12.1. The SMILES string of the molecule is CN=C(NCCc1ccc(OC)cc1)NCc1cccc(C(N)=O)c1. The number of carbonyl (C=O) groups is 1. The summed E-state index contributed by atoms with van der Waals surface area (Å²) in [6.07, 6.45) is 0.877. The Kier molecular flexibility index (Phi) is 6.83. The molecule has 0 aliphatic heterocycles. The Labute approximate surface area is 148 Å². The molecule has 2 rings (SSSR count). The van der Waals surface area contributed by atoms with Crippen LogP contribution in [0.2, 0.25) is 0 Å². The Morgan fingerprint density at radius 3 is 2.52 bits per heavy atom. The van der Waals surface area contributed by atoms with E-state index in [1.165, 1.54) is 5.56 Å². The van der Waals surface area contributed by atoms with Crippen molar-refractivity contribution in [3.63, 3.8) is 0 Å². The molecule has 25 heavy (non-hydrogen) atoms. The minimum Gasteiger partial charge on any atom is -0.497 e. The molecule has 4 N–H and O–H groups in total. The number of nitrogens with two attached hydrogens (primary N) is 1. The van der Waals surface area contributed by atoms with E-state index in [1.54, 1.807) is 26.3 Å². The van der Waals surface area contributed by atoms with Gasteiger partial charge in [-0.3, -0.25) is 9.79 Å². The highest BCUT2D eigenvalue weighted by atomic mass is 16.5. The third-order valence-corrected chi connectivity index (χ3v) is 3.76. The smallest absolute Gasteiger partial charge is 0.248 e. The fourth-order valence-corrected chi connectivity index (χ4v) is 2.36. The van der Waals surface area contributed by atoms with Crippen molar-refractivity contribution in [2.24, 2.45) is 10.7 Å². The summed E-state index contributed by atoms with van der Waals surface area (Å²) in [6.45, 7) is 1.32. The van der Waals surface area contributed by atoms with Gasteiger partial charge >= 0.3 is 0 Å². The lowest BCUT2D eigenvalue weighted by Crippen LogP contribution is -2.37. The molecule has 0 aliphatic rings. The van der Waals surface area contributed by atoms with Crippen LogP contribution < -0.4 is 21.1 Å². The molecule has 132 valence electrons. The number of hydrogen-bond donors (Lipinski definition) is 3. The molecular formula is C19H24N4O2. The van der Waals surface area contributed by atoms with E-state index >= 15 is 0 Å². The van der Waals surface area contributed by atoms with Crippen LogP contribution in [-0.4, -0.2) is 32.6 Å². The summed E-state index contributed by atoms with van der Waals surface area (Å²) in [5, 5.41) is 6.49. The lowest BCUT2D eigenvalue weighted by molar-refractivity contribution is 0.1000. The van der Waals surface area contributed by atoms with E-state index in [9.17, 15) is 4.79 Å².